The van der Waals surface area contributed by atoms with Crippen LogP contribution in [-0.4, -0.2) is 40.7 Å². The van der Waals surface area contributed by atoms with E-state index in [1.54, 1.807) is 4.90 Å². The first kappa shape index (κ1) is 31.8. The molecule has 1 aliphatic rings. The summed E-state index contributed by atoms with van der Waals surface area (Å²) in [5, 5.41) is 0. The molecule has 45 heavy (non-hydrogen) atoms. The number of benzene rings is 4. The van der Waals surface area contributed by atoms with Gasteiger partial charge in [-0.15, -0.1) is 0 Å². The van der Waals surface area contributed by atoms with Gasteiger partial charge in [-0.1, -0.05) is 103 Å². The normalized spacial score (nSPS) is 14.8. The molecule has 5 rings (SSSR count). The van der Waals surface area contributed by atoms with Gasteiger partial charge >= 0.3 is 6.18 Å². The van der Waals surface area contributed by atoms with Gasteiger partial charge in [0.05, 0.1) is 5.56 Å². The van der Waals surface area contributed by atoms with E-state index in [9.17, 15) is 22.8 Å². The summed E-state index contributed by atoms with van der Waals surface area (Å²) in [5.74, 6) is 0.00830. The summed E-state index contributed by atoms with van der Waals surface area (Å²) in [4.78, 5) is 31.7. The highest BCUT2D eigenvalue weighted by Crippen LogP contribution is 2.29. The van der Waals surface area contributed by atoms with Crippen molar-refractivity contribution in [1.29, 1.82) is 0 Å². The molecule has 0 aliphatic carbocycles. The molecule has 4 nitrogen and oxygen atoms in total. The van der Waals surface area contributed by atoms with E-state index < -0.39 is 17.8 Å². The second-order valence-corrected chi connectivity index (χ2v) is 11.6. The van der Waals surface area contributed by atoms with Gasteiger partial charge in [0.15, 0.2) is 0 Å². The van der Waals surface area contributed by atoms with Crippen molar-refractivity contribution >= 4 is 17.9 Å². The second-order valence-electron chi connectivity index (χ2n) is 11.6. The van der Waals surface area contributed by atoms with Crippen molar-refractivity contribution in [3.8, 4) is 0 Å². The van der Waals surface area contributed by atoms with Crippen LogP contribution in [0.15, 0.2) is 121 Å². The third-order valence-corrected chi connectivity index (χ3v) is 8.36. The van der Waals surface area contributed by atoms with Gasteiger partial charge < -0.3 is 9.80 Å². The molecule has 0 saturated carbocycles. The molecule has 4 aromatic carbocycles. The number of carbonyl (C=O) groups excluding carboxylic acids is 2. The summed E-state index contributed by atoms with van der Waals surface area (Å²) >= 11 is 0. The van der Waals surface area contributed by atoms with Crippen molar-refractivity contribution < 1.29 is 22.8 Å². The summed E-state index contributed by atoms with van der Waals surface area (Å²) in [6, 6.07) is 33.4. The summed E-state index contributed by atoms with van der Waals surface area (Å²) < 4.78 is 39.1. The van der Waals surface area contributed by atoms with Crippen molar-refractivity contribution in [2.45, 2.75) is 44.4 Å². The maximum Gasteiger partial charge on any atom is 0.416 e. The number of hydrogen-bond acceptors (Lipinski definition) is 2. The lowest BCUT2D eigenvalue weighted by Gasteiger charge is -2.38. The zero-order valence-electron chi connectivity index (χ0n) is 25.1. The minimum atomic E-state index is -4.44. The molecule has 0 spiro atoms. The quantitative estimate of drug-likeness (QED) is 0.172. The van der Waals surface area contributed by atoms with Crippen LogP contribution in [0.5, 0.6) is 0 Å². The molecule has 0 aromatic heterocycles. The fraction of sp³-hybridized carbons (Fsp3) is 0.263. The average Bonchev–Trinajstić information content (AvgIpc) is 3.06. The lowest BCUT2D eigenvalue weighted by atomic mass is 9.89. The van der Waals surface area contributed by atoms with E-state index in [1.807, 2.05) is 83.8 Å². The summed E-state index contributed by atoms with van der Waals surface area (Å²) in [7, 11) is 0. The Morgan fingerprint density at radius 2 is 1.29 bits per heavy atom. The first-order valence-corrected chi connectivity index (χ1v) is 15.3. The predicted octanol–water partition coefficient (Wildman–Crippen LogP) is 7.84. The van der Waals surface area contributed by atoms with E-state index in [2.05, 4.69) is 12.1 Å². The van der Waals surface area contributed by atoms with Crippen molar-refractivity contribution in [2.24, 2.45) is 5.92 Å². The second kappa shape index (κ2) is 14.9. The van der Waals surface area contributed by atoms with Crippen LogP contribution in [0.2, 0.25) is 0 Å². The molecule has 1 fully saturated rings. The largest absolute Gasteiger partial charge is 0.416 e. The zero-order valence-corrected chi connectivity index (χ0v) is 25.1. The number of rotatable bonds is 10. The Hall–Kier alpha value is -4.65. The van der Waals surface area contributed by atoms with E-state index in [1.165, 1.54) is 29.8 Å². The van der Waals surface area contributed by atoms with E-state index in [4.69, 9.17) is 0 Å². The Kier molecular flexibility index (Phi) is 10.5. The number of halogens is 3. The first-order valence-electron chi connectivity index (χ1n) is 15.3. The topological polar surface area (TPSA) is 40.6 Å². The highest BCUT2D eigenvalue weighted by atomic mass is 19.4. The molecule has 7 heteroatoms. The Bertz CT molecular complexity index is 1550. The predicted molar refractivity (Wildman–Crippen MR) is 171 cm³/mol. The van der Waals surface area contributed by atoms with Gasteiger partial charge in [0, 0.05) is 32.1 Å². The van der Waals surface area contributed by atoms with Crippen LogP contribution < -0.4 is 0 Å². The average molecular weight is 611 g/mol. The summed E-state index contributed by atoms with van der Waals surface area (Å²) in [5.41, 5.74) is 2.82. The third-order valence-electron chi connectivity index (χ3n) is 8.36. The van der Waals surface area contributed by atoms with Crippen molar-refractivity contribution in [3.05, 3.63) is 149 Å². The van der Waals surface area contributed by atoms with Gasteiger partial charge in [-0.05, 0) is 65.6 Å². The van der Waals surface area contributed by atoms with Crippen LogP contribution in [0.4, 0.5) is 13.2 Å². The fourth-order valence-corrected chi connectivity index (χ4v) is 5.85. The molecular formula is C38H37F3N2O2. The minimum absolute atomic E-state index is 0.0933. The van der Waals surface area contributed by atoms with Gasteiger partial charge in [0.2, 0.25) is 11.8 Å². The van der Waals surface area contributed by atoms with Crippen LogP contribution in [0, 0.1) is 5.92 Å². The number of hydrogen-bond donors (Lipinski definition) is 0. The molecule has 0 bridgehead atoms. The third kappa shape index (κ3) is 8.94. The van der Waals surface area contributed by atoms with Crippen LogP contribution >= 0.6 is 0 Å². The van der Waals surface area contributed by atoms with Crippen LogP contribution in [0.3, 0.4) is 0 Å². The molecule has 0 radical (unpaired) electrons. The Morgan fingerprint density at radius 3 is 1.84 bits per heavy atom. The molecule has 1 heterocycles. The number of piperidine rings is 1. The fourth-order valence-electron chi connectivity index (χ4n) is 5.85. The van der Waals surface area contributed by atoms with E-state index in [-0.39, 0.29) is 18.4 Å². The van der Waals surface area contributed by atoms with E-state index >= 15 is 0 Å². The SMILES string of the molecule is O=C(C(Cc1ccccc1)N(Cc1ccccc1)C(=O)C=Cc1ccc(C(F)(F)F)cc1)N1CCC(Cc2ccccc2)CC1. The van der Waals surface area contributed by atoms with Crippen LogP contribution in [0.25, 0.3) is 6.08 Å². The van der Waals surface area contributed by atoms with Crippen molar-refractivity contribution in [3.63, 3.8) is 0 Å². The van der Waals surface area contributed by atoms with Gasteiger partial charge in [-0.2, -0.15) is 13.2 Å². The Morgan fingerprint density at radius 1 is 0.756 bits per heavy atom. The lowest BCUT2D eigenvalue weighted by Crippen LogP contribution is -2.53. The smallest absolute Gasteiger partial charge is 0.341 e. The first-order chi connectivity index (χ1) is 21.8. The van der Waals surface area contributed by atoms with Gasteiger partial charge in [-0.25, -0.2) is 0 Å². The Balaban J connectivity index is 1.39. The number of carbonyl (C=O) groups is 2. The molecule has 2 amide bonds. The van der Waals surface area contributed by atoms with Crippen LogP contribution in [0.1, 0.15) is 40.7 Å². The molecule has 1 saturated heterocycles. The van der Waals surface area contributed by atoms with E-state index in [0.29, 0.717) is 31.0 Å². The number of likely N-dealkylation sites (tertiary alicyclic amines) is 1. The summed E-state index contributed by atoms with van der Waals surface area (Å²) in [6.45, 7) is 1.46. The maximum atomic E-state index is 14.3. The van der Waals surface area contributed by atoms with Gasteiger partial charge in [-0.3, -0.25) is 9.59 Å². The molecule has 1 aliphatic heterocycles. The molecule has 0 N–H and O–H groups in total. The molecule has 4 aromatic rings. The molecule has 1 unspecified atom stereocenters. The standard InChI is InChI=1S/C38H37F3N2O2/c39-38(40,41)34-19-16-29(17-20-34)18-21-36(44)43(28-33-14-8-3-9-15-33)35(27-31-12-6-2-7-13-31)37(45)42-24-22-32(23-25-42)26-30-10-4-1-5-11-30/h1-21,32,35H,22-28H2. The lowest BCUT2D eigenvalue weighted by molar-refractivity contribution is -0.145. The number of alkyl halides is 3. The molecule has 1 atom stereocenters. The van der Waals surface area contributed by atoms with Crippen LogP contribution in [-0.2, 0) is 35.2 Å². The Labute approximate surface area is 262 Å². The number of amides is 2. The zero-order chi connectivity index (χ0) is 31.6. The van der Waals surface area contributed by atoms with E-state index in [0.717, 1.165) is 42.5 Å². The van der Waals surface area contributed by atoms with Crippen molar-refractivity contribution in [2.75, 3.05) is 13.1 Å². The van der Waals surface area contributed by atoms with Crippen molar-refractivity contribution in [1.82, 2.24) is 9.80 Å². The molecule has 232 valence electrons. The number of nitrogens with zero attached hydrogens (tertiary/aromatic N) is 2. The highest BCUT2D eigenvalue weighted by molar-refractivity contribution is 5.95. The molecular weight excluding hydrogens is 573 g/mol. The van der Waals surface area contributed by atoms with Gasteiger partial charge in [0.25, 0.3) is 0 Å². The minimum Gasteiger partial charge on any atom is -0.341 e. The highest BCUT2D eigenvalue weighted by Gasteiger charge is 2.34. The monoisotopic (exact) mass is 610 g/mol. The summed E-state index contributed by atoms with van der Waals surface area (Å²) in [6.07, 6.45) is 1.51. The maximum absolute atomic E-state index is 14.3. The van der Waals surface area contributed by atoms with Gasteiger partial charge in [0.1, 0.15) is 6.04 Å².